The van der Waals surface area contributed by atoms with Crippen LogP contribution >= 0.6 is 0 Å². The van der Waals surface area contributed by atoms with Gasteiger partial charge < -0.3 is 15.0 Å². The topological polar surface area (TPSA) is 49.4 Å². The van der Waals surface area contributed by atoms with Crippen molar-refractivity contribution < 1.29 is 4.74 Å². The van der Waals surface area contributed by atoms with Crippen LogP contribution in [0.25, 0.3) is 0 Å². The number of aromatic amines is 1. The van der Waals surface area contributed by atoms with Crippen molar-refractivity contribution >= 4 is 6.02 Å². The molecule has 0 spiro atoms. The lowest BCUT2D eigenvalue weighted by molar-refractivity contribution is 0.325. The van der Waals surface area contributed by atoms with E-state index in [9.17, 15) is 0 Å². The van der Waals surface area contributed by atoms with Gasteiger partial charge in [0.15, 0.2) is 0 Å². The fraction of sp³-hybridized carbons (Fsp3) is 0.500. The first-order valence-electron chi connectivity index (χ1n) is 5.03. The molecule has 2 N–H and O–H groups in total. The van der Waals surface area contributed by atoms with E-state index in [4.69, 9.17) is 4.74 Å². The van der Waals surface area contributed by atoms with Crippen molar-refractivity contribution in [2.75, 3.05) is 13.2 Å². The van der Waals surface area contributed by atoms with Crippen LogP contribution in [0.15, 0.2) is 17.3 Å². The van der Waals surface area contributed by atoms with Gasteiger partial charge in [-0.1, -0.05) is 0 Å². The monoisotopic (exact) mass is 191 g/mol. The minimum atomic E-state index is 0.382. The predicted octanol–water partition coefficient (Wildman–Crippen LogP) is 0.978. The van der Waals surface area contributed by atoms with Crippen LogP contribution in [0.4, 0.5) is 0 Å². The molecule has 0 radical (unpaired) electrons. The van der Waals surface area contributed by atoms with E-state index in [1.807, 2.05) is 6.20 Å². The summed E-state index contributed by atoms with van der Waals surface area (Å²) in [5.74, 6) is 0. The van der Waals surface area contributed by atoms with Crippen LogP contribution in [0.5, 0.6) is 0 Å². The molecule has 1 aliphatic carbocycles. The Hall–Kier alpha value is -1.45. The van der Waals surface area contributed by atoms with E-state index in [1.165, 1.54) is 11.3 Å². The van der Waals surface area contributed by atoms with Crippen molar-refractivity contribution in [3.8, 4) is 0 Å². The second-order valence-corrected chi connectivity index (χ2v) is 3.68. The number of aromatic nitrogens is 1. The molecule has 2 aliphatic rings. The number of H-pyrrole nitrogens is 1. The molecule has 1 aromatic rings. The molecule has 4 heteroatoms. The second-order valence-electron chi connectivity index (χ2n) is 3.68. The fourth-order valence-corrected chi connectivity index (χ4v) is 2.12. The van der Waals surface area contributed by atoms with Gasteiger partial charge in [-0.3, -0.25) is 0 Å². The highest BCUT2D eigenvalue weighted by atomic mass is 16.5. The van der Waals surface area contributed by atoms with E-state index in [0.29, 0.717) is 12.1 Å². The minimum Gasteiger partial charge on any atom is -0.463 e. The zero-order valence-electron chi connectivity index (χ0n) is 7.92. The van der Waals surface area contributed by atoms with E-state index in [0.717, 1.165) is 26.0 Å². The molecule has 74 valence electrons. The van der Waals surface area contributed by atoms with E-state index in [2.05, 4.69) is 21.4 Å². The highest BCUT2D eigenvalue weighted by Gasteiger charge is 2.25. The van der Waals surface area contributed by atoms with Crippen LogP contribution < -0.4 is 5.32 Å². The number of amidine groups is 1. The van der Waals surface area contributed by atoms with Gasteiger partial charge in [0, 0.05) is 11.9 Å². The van der Waals surface area contributed by atoms with Gasteiger partial charge in [-0.2, -0.15) is 0 Å². The lowest BCUT2D eigenvalue weighted by atomic mass is 10.2. The van der Waals surface area contributed by atoms with Gasteiger partial charge in [0.1, 0.15) is 6.61 Å². The molecule has 14 heavy (non-hydrogen) atoms. The SMILES string of the molecule is c1cc2c([nH]1)CCC2NC1=NCCO1. The van der Waals surface area contributed by atoms with Gasteiger partial charge in [0.25, 0.3) is 6.02 Å². The molecule has 0 bridgehead atoms. The maximum absolute atomic E-state index is 5.34. The van der Waals surface area contributed by atoms with Crippen LogP contribution in [0, 0.1) is 0 Å². The van der Waals surface area contributed by atoms with E-state index in [-0.39, 0.29) is 0 Å². The van der Waals surface area contributed by atoms with E-state index < -0.39 is 0 Å². The smallest absolute Gasteiger partial charge is 0.285 e. The van der Waals surface area contributed by atoms with Crippen LogP contribution in [-0.2, 0) is 11.2 Å². The quantitative estimate of drug-likeness (QED) is 0.695. The molecule has 4 nitrogen and oxygen atoms in total. The summed E-state index contributed by atoms with van der Waals surface area (Å²) in [5.41, 5.74) is 2.71. The Morgan fingerprint density at radius 2 is 2.57 bits per heavy atom. The number of ether oxygens (including phenoxy) is 1. The summed E-state index contributed by atoms with van der Waals surface area (Å²) in [6.45, 7) is 1.50. The number of hydrogen-bond donors (Lipinski definition) is 2. The second kappa shape index (κ2) is 3.04. The summed E-state index contributed by atoms with van der Waals surface area (Å²) in [5, 5.41) is 3.33. The fourth-order valence-electron chi connectivity index (χ4n) is 2.12. The van der Waals surface area contributed by atoms with E-state index in [1.54, 1.807) is 0 Å². The summed E-state index contributed by atoms with van der Waals surface area (Å²) in [4.78, 5) is 7.48. The molecule has 0 saturated heterocycles. The Balaban J connectivity index is 1.75. The van der Waals surface area contributed by atoms with Crippen molar-refractivity contribution in [3.05, 3.63) is 23.5 Å². The third kappa shape index (κ3) is 1.18. The number of aliphatic imine (C=N–C) groups is 1. The summed E-state index contributed by atoms with van der Waals surface area (Å²) < 4.78 is 5.34. The van der Waals surface area contributed by atoms with Crippen LogP contribution in [0.3, 0.4) is 0 Å². The summed E-state index contributed by atoms with van der Waals surface area (Å²) in [7, 11) is 0. The average molecular weight is 191 g/mol. The number of fused-ring (bicyclic) bond motifs is 1. The first-order chi connectivity index (χ1) is 6.93. The Kier molecular flexibility index (Phi) is 1.72. The van der Waals surface area contributed by atoms with Crippen LogP contribution in [-0.4, -0.2) is 24.2 Å². The standard InChI is InChI=1S/C10H13N3O/c1-2-9(7-3-4-11-8(1)7)13-10-12-5-6-14-10/h3-4,9,11H,1-2,5-6H2,(H,12,13). The molecule has 3 rings (SSSR count). The molecule has 1 aliphatic heterocycles. The van der Waals surface area contributed by atoms with Crippen molar-refractivity contribution in [1.82, 2.24) is 10.3 Å². The Bertz CT molecular complexity index is 369. The Labute approximate surface area is 82.4 Å². The number of nitrogens with zero attached hydrogens (tertiary/aromatic N) is 1. The number of hydrogen-bond acceptors (Lipinski definition) is 3. The molecule has 0 aromatic carbocycles. The molecule has 0 fully saturated rings. The number of aryl methyl sites for hydroxylation is 1. The van der Waals surface area contributed by atoms with Gasteiger partial charge >= 0.3 is 0 Å². The lowest BCUT2D eigenvalue weighted by Gasteiger charge is -2.12. The molecule has 0 amide bonds. The van der Waals surface area contributed by atoms with Gasteiger partial charge in [-0.25, -0.2) is 4.99 Å². The minimum absolute atomic E-state index is 0.382. The maximum Gasteiger partial charge on any atom is 0.285 e. The zero-order valence-corrected chi connectivity index (χ0v) is 7.92. The number of rotatable bonds is 1. The molecular weight excluding hydrogens is 178 g/mol. The largest absolute Gasteiger partial charge is 0.463 e. The Morgan fingerprint density at radius 3 is 3.43 bits per heavy atom. The van der Waals surface area contributed by atoms with Gasteiger partial charge in [0.05, 0.1) is 12.6 Å². The van der Waals surface area contributed by atoms with Crippen molar-refractivity contribution in [2.24, 2.45) is 4.99 Å². The summed E-state index contributed by atoms with van der Waals surface area (Å²) >= 11 is 0. The van der Waals surface area contributed by atoms with Crippen molar-refractivity contribution in [3.63, 3.8) is 0 Å². The van der Waals surface area contributed by atoms with Crippen molar-refractivity contribution in [2.45, 2.75) is 18.9 Å². The van der Waals surface area contributed by atoms with Gasteiger partial charge in [-0.05, 0) is 24.5 Å². The Morgan fingerprint density at radius 1 is 1.57 bits per heavy atom. The normalized spacial score (nSPS) is 24.3. The lowest BCUT2D eigenvalue weighted by Crippen LogP contribution is -2.27. The van der Waals surface area contributed by atoms with Crippen molar-refractivity contribution in [1.29, 1.82) is 0 Å². The van der Waals surface area contributed by atoms with E-state index >= 15 is 0 Å². The average Bonchev–Trinajstić information content (AvgIpc) is 2.85. The highest BCUT2D eigenvalue weighted by molar-refractivity contribution is 5.75. The highest BCUT2D eigenvalue weighted by Crippen LogP contribution is 2.29. The third-order valence-corrected chi connectivity index (χ3v) is 2.81. The zero-order chi connectivity index (χ0) is 9.38. The van der Waals surface area contributed by atoms with Crippen LogP contribution in [0.2, 0.25) is 0 Å². The molecular formula is C10H13N3O. The van der Waals surface area contributed by atoms with Gasteiger partial charge in [-0.15, -0.1) is 0 Å². The van der Waals surface area contributed by atoms with Crippen LogP contribution in [0.1, 0.15) is 23.7 Å². The molecule has 1 aromatic heterocycles. The molecule has 1 unspecified atom stereocenters. The molecule has 2 heterocycles. The predicted molar refractivity (Wildman–Crippen MR) is 53.2 cm³/mol. The maximum atomic E-state index is 5.34. The first kappa shape index (κ1) is 7.91. The molecule has 0 saturated carbocycles. The summed E-state index contributed by atoms with van der Waals surface area (Å²) in [6, 6.07) is 3.23. The van der Waals surface area contributed by atoms with Gasteiger partial charge in [0.2, 0.25) is 0 Å². The third-order valence-electron chi connectivity index (χ3n) is 2.81. The molecule has 1 atom stereocenters. The number of nitrogens with one attached hydrogen (secondary N) is 2. The first-order valence-corrected chi connectivity index (χ1v) is 5.03. The summed E-state index contributed by atoms with van der Waals surface area (Å²) in [6.07, 6.45) is 4.24.